The van der Waals surface area contributed by atoms with Crippen LogP contribution in [0.25, 0.3) is 22.0 Å². The molecule has 33 heavy (non-hydrogen) atoms. The lowest BCUT2D eigenvalue weighted by molar-refractivity contribution is -0.140. The van der Waals surface area contributed by atoms with Crippen LogP contribution in [0.5, 0.6) is 0 Å². The zero-order valence-electron chi connectivity index (χ0n) is 19.5. The van der Waals surface area contributed by atoms with Gasteiger partial charge in [0, 0.05) is 30.6 Å². The minimum Gasteiger partial charge on any atom is -0.373 e. The van der Waals surface area contributed by atoms with Crippen LogP contribution in [0.2, 0.25) is 0 Å². The van der Waals surface area contributed by atoms with Gasteiger partial charge in [-0.15, -0.1) is 0 Å². The minimum absolute atomic E-state index is 0.0973. The molecule has 0 aliphatic heterocycles. The number of nitrogens with zero attached hydrogens (tertiary/aromatic N) is 4. The van der Waals surface area contributed by atoms with Crippen LogP contribution >= 0.6 is 0 Å². The second-order valence-electron chi connectivity index (χ2n) is 9.14. The molecule has 6 nitrogen and oxygen atoms in total. The van der Waals surface area contributed by atoms with Crippen molar-refractivity contribution in [1.29, 1.82) is 0 Å². The topological polar surface area (TPSA) is 71.0 Å². The molecule has 2 aromatic heterocycles. The highest BCUT2D eigenvalue weighted by atomic mass is 16.2. The summed E-state index contributed by atoms with van der Waals surface area (Å²) in [6, 6.07) is 20.3. The summed E-state index contributed by atoms with van der Waals surface area (Å²) in [5, 5.41) is 4.11. The van der Waals surface area contributed by atoms with Gasteiger partial charge in [-0.25, -0.2) is 9.97 Å². The average Bonchev–Trinajstić information content (AvgIpc) is 2.82. The predicted molar refractivity (Wildman–Crippen MR) is 132 cm³/mol. The van der Waals surface area contributed by atoms with Crippen LogP contribution in [0.3, 0.4) is 0 Å². The Hall–Kier alpha value is -3.80. The normalized spacial score (nSPS) is 11.4. The van der Waals surface area contributed by atoms with Crippen molar-refractivity contribution < 1.29 is 4.79 Å². The summed E-state index contributed by atoms with van der Waals surface area (Å²) in [5.41, 5.74) is 4.52. The summed E-state index contributed by atoms with van der Waals surface area (Å²) < 4.78 is 0. The standard InChI is InChI=1S/C27H29N5O/c1-27(2,3)26(33)32(17-22-10-5-6-13-29-22)16-19-8-7-9-20(14-19)21-11-12-24-23(15-21)25(28-4)31-18-30-24/h5-15,18H,16-17H2,1-4H3,(H,28,30,31). The Bertz CT molecular complexity index is 1260. The van der Waals surface area contributed by atoms with Crippen molar-refractivity contribution in [1.82, 2.24) is 19.9 Å². The van der Waals surface area contributed by atoms with Gasteiger partial charge in [-0.05, 0) is 47.0 Å². The van der Waals surface area contributed by atoms with Crippen LogP contribution in [-0.2, 0) is 17.9 Å². The molecule has 0 aliphatic carbocycles. The fourth-order valence-corrected chi connectivity index (χ4v) is 3.87. The highest BCUT2D eigenvalue weighted by Crippen LogP contribution is 2.28. The zero-order valence-corrected chi connectivity index (χ0v) is 19.5. The van der Waals surface area contributed by atoms with Gasteiger partial charge in [0.25, 0.3) is 0 Å². The third kappa shape index (κ3) is 5.17. The molecule has 0 bridgehead atoms. The zero-order chi connectivity index (χ0) is 23.4. The maximum absolute atomic E-state index is 13.2. The van der Waals surface area contributed by atoms with Gasteiger partial charge in [0.1, 0.15) is 12.1 Å². The Balaban J connectivity index is 1.65. The number of carbonyl (C=O) groups is 1. The van der Waals surface area contributed by atoms with E-state index in [1.54, 1.807) is 12.5 Å². The van der Waals surface area contributed by atoms with Gasteiger partial charge >= 0.3 is 0 Å². The summed E-state index contributed by atoms with van der Waals surface area (Å²) in [4.78, 5) is 28.2. The lowest BCUT2D eigenvalue weighted by Crippen LogP contribution is -2.38. The summed E-state index contributed by atoms with van der Waals surface area (Å²) in [5.74, 6) is 0.899. The monoisotopic (exact) mass is 439 g/mol. The van der Waals surface area contributed by atoms with E-state index in [9.17, 15) is 4.79 Å². The molecule has 0 saturated carbocycles. The number of amides is 1. The Morgan fingerprint density at radius 2 is 1.73 bits per heavy atom. The molecule has 4 aromatic rings. The number of fused-ring (bicyclic) bond motifs is 1. The quantitative estimate of drug-likeness (QED) is 0.441. The minimum atomic E-state index is -0.478. The lowest BCUT2D eigenvalue weighted by atomic mass is 9.94. The van der Waals surface area contributed by atoms with Gasteiger partial charge in [0.15, 0.2) is 0 Å². The van der Waals surface area contributed by atoms with E-state index in [1.165, 1.54) is 0 Å². The van der Waals surface area contributed by atoms with Crippen LogP contribution in [0.4, 0.5) is 5.82 Å². The number of benzene rings is 2. The number of carbonyl (C=O) groups excluding carboxylic acids is 1. The molecule has 0 spiro atoms. The number of nitrogens with one attached hydrogen (secondary N) is 1. The highest BCUT2D eigenvalue weighted by Gasteiger charge is 2.27. The van der Waals surface area contributed by atoms with E-state index >= 15 is 0 Å². The van der Waals surface area contributed by atoms with Crippen LogP contribution < -0.4 is 5.32 Å². The van der Waals surface area contributed by atoms with E-state index in [0.29, 0.717) is 13.1 Å². The summed E-state index contributed by atoms with van der Waals surface area (Å²) >= 11 is 0. The van der Waals surface area contributed by atoms with Gasteiger partial charge in [-0.2, -0.15) is 0 Å². The van der Waals surface area contributed by atoms with Crippen molar-refractivity contribution >= 4 is 22.6 Å². The number of hydrogen-bond acceptors (Lipinski definition) is 5. The van der Waals surface area contributed by atoms with Crippen LogP contribution in [0.1, 0.15) is 32.0 Å². The molecule has 0 fully saturated rings. The number of pyridine rings is 1. The smallest absolute Gasteiger partial charge is 0.228 e. The molecule has 2 heterocycles. The van der Waals surface area contributed by atoms with Gasteiger partial charge < -0.3 is 10.2 Å². The van der Waals surface area contributed by atoms with Crippen LogP contribution in [-0.4, -0.2) is 32.8 Å². The molecule has 0 unspecified atom stereocenters. The summed E-state index contributed by atoms with van der Waals surface area (Å²) in [6.07, 6.45) is 3.33. The van der Waals surface area contributed by atoms with Gasteiger partial charge in [-0.3, -0.25) is 9.78 Å². The van der Waals surface area contributed by atoms with Gasteiger partial charge in [-0.1, -0.05) is 51.1 Å². The number of anilines is 1. The predicted octanol–water partition coefficient (Wildman–Crippen LogP) is 5.31. The number of rotatable bonds is 6. The van der Waals surface area contributed by atoms with Gasteiger partial charge in [0.05, 0.1) is 17.8 Å². The molecule has 0 atom stereocenters. The SMILES string of the molecule is CNc1ncnc2ccc(-c3cccc(CN(Cc4ccccn4)C(=O)C(C)(C)C)c3)cc12. The maximum Gasteiger partial charge on any atom is 0.228 e. The largest absolute Gasteiger partial charge is 0.373 e. The Morgan fingerprint density at radius 3 is 2.45 bits per heavy atom. The van der Waals surface area contributed by atoms with Crippen molar-refractivity contribution in [3.05, 3.63) is 84.4 Å². The second-order valence-corrected chi connectivity index (χ2v) is 9.14. The van der Waals surface area contributed by atoms with Crippen molar-refractivity contribution in [3.8, 4) is 11.1 Å². The fraction of sp³-hybridized carbons (Fsp3) is 0.259. The van der Waals surface area contributed by atoms with Crippen molar-refractivity contribution in [2.75, 3.05) is 12.4 Å². The first kappa shape index (κ1) is 22.4. The molecular weight excluding hydrogens is 410 g/mol. The first-order valence-corrected chi connectivity index (χ1v) is 11.1. The van der Waals surface area contributed by atoms with E-state index in [0.717, 1.165) is 39.1 Å². The van der Waals surface area contributed by atoms with Gasteiger partial charge in [0.2, 0.25) is 5.91 Å². The molecule has 6 heteroatoms. The molecule has 0 saturated heterocycles. The maximum atomic E-state index is 13.2. The van der Waals surface area contributed by atoms with E-state index in [-0.39, 0.29) is 5.91 Å². The van der Waals surface area contributed by atoms with E-state index < -0.39 is 5.41 Å². The Morgan fingerprint density at radius 1 is 0.909 bits per heavy atom. The Kier molecular flexibility index (Phi) is 6.36. The van der Waals surface area contributed by atoms with Crippen LogP contribution in [0, 0.1) is 5.41 Å². The molecule has 0 aliphatic rings. The van der Waals surface area contributed by atoms with E-state index in [2.05, 4.69) is 50.6 Å². The summed E-state index contributed by atoms with van der Waals surface area (Å²) in [6.45, 7) is 6.84. The molecule has 2 aromatic carbocycles. The third-order valence-electron chi connectivity index (χ3n) is 5.51. The average molecular weight is 440 g/mol. The molecule has 1 amide bonds. The molecule has 4 rings (SSSR count). The van der Waals surface area contributed by atoms with Crippen molar-refractivity contribution in [2.24, 2.45) is 5.41 Å². The molecular formula is C27H29N5O. The number of aromatic nitrogens is 3. The van der Waals surface area contributed by atoms with Crippen molar-refractivity contribution in [3.63, 3.8) is 0 Å². The fourth-order valence-electron chi connectivity index (χ4n) is 3.87. The van der Waals surface area contributed by atoms with Crippen molar-refractivity contribution in [2.45, 2.75) is 33.9 Å². The molecule has 0 radical (unpaired) electrons. The first-order valence-electron chi connectivity index (χ1n) is 11.1. The number of hydrogen-bond donors (Lipinski definition) is 1. The second kappa shape index (κ2) is 9.36. The summed E-state index contributed by atoms with van der Waals surface area (Å²) in [7, 11) is 1.86. The van der Waals surface area contributed by atoms with Crippen LogP contribution in [0.15, 0.2) is 73.2 Å². The third-order valence-corrected chi connectivity index (χ3v) is 5.51. The van der Waals surface area contributed by atoms with E-state index in [4.69, 9.17) is 0 Å². The molecule has 1 N–H and O–H groups in total. The first-order chi connectivity index (χ1) is 15.8. The lowest BCUT2D eigenvalue weighted by Gasteiger charge is -2.29. The Labute approximate surface area is 194 Å². The molecule has 168 valence electrons. The van der Waals surface area contributed by atoms with E-state index in [1.807, 2.05) is 63.1 Å². The highest BCUT2D eigenvalue weighted by molar-refractivity contribution is 5.92.